The van der Waals surface area contributed by atoms with E-state index in [4.69, 9.17) is 32.9 Å². The normalized spacial score (nSPS) is 14.8. The van der Waals surface area contributed by atoms with Gasteiger partial charge < -0.3 is 4.74 Å². The van der Waals surface area contributed by atoms with E-state index in [9.17, 15) is 4.79 Å². The lowest BCUT2D eigenvalue weighted by Gasteiger charge is -2.27. The second-order valence-electron chi connectivity index (χ2n) is 7.54. The van der Waals surface area contributed by atoms with Gasteiger partial charge in [0.05, 0.1) is 34.0 Å². The van der Waals surface area contributed by atoms with Crippen LogP contribution in [0.25, 0.3) is 10.2 Å². The maximum absolute atomic E-state index is 13.5. The number of aromatic nitrogens is 1. The monoisotopic (exact) mass is 477 g/mol. The Morgan fingerprint density at radius 1 is 1.19 bits per heavy atom. The van der Waals surface area contributed by atoms with E-state index in [0.29, 0.717) is 27.3 Å². The highest BCUT2D eigenvalue weighted by Crippen LogP contribution is 2.32. The molecule has 1 fully saturated rings. The van der Waals surface area contributed by atoms with Crippen LogP contribution in [0.5, 0.6) is 0 Å². The van der Waals surface area contributed by atoms with E-state index < -0.39 is 0 Å². The number of hydrogen-bond acceptors (Lipinski definition) is 5. The molecule has 0 N–H and O–H groups in total. The molecular formula is C23H25Cl2N3O2S. The number of hydrogen-bond donors (Lipinski definition) is 0. The molecule has 1 amide bonds. The lowest BCUT2D eigenvalue weighted by atomic mass is 10.2. The molecular weight excluding hydrogens is 453 g/mol. The minimum Gasteiger partial charge on any atom is -0.379 e. The average molecular weight is 478 g/mol. The van der Waals surface area contributed by atoms with Crippen LogP contribution in [0.3, 0.4) is 0 Å². The molecule has 0 radical (unpaired) electrons. The first-order valence-corrected chi connectivity index (χ1v) is 12.1. The molecule has 2 heterocycles. The molecule has 3 aromatic rings. The Bertz CT molecular complexity index is 1070. The molecule has 164 valence electrons. The van der Waals surface area contributed by atoms with E-state index in [1.807, 2.05) is 6.07 Å². The van der Waals surface area contributed by atoms with Crippen molar-refractivity contribution in [2.24, 2.45) is 0 Å². The second-order valence-corrected chi connectivity index (χ2v) is 9.39. The number of ether oxygens (including phenoxy) is 1. The van der Waals surface area contributed by atoms with E-state index in [1.165, 1.54) is 5.56 Å². The third-order valence-corrected chi connectivity index (χ3v) is 7.04. The summed E-state index contributed by atoms with van der Waals surface area (Å²) in [5, 5.41) is 1.55. The van der Waals surface area contributed by atoms with Crippen molar-refractivity contribution in [1.29, 1.82) is 0 Å². The Morgan fingerprint density at radius 2 is 2.00 bits per heavy atom. The molecule has 0 saturated carbocycles. The number of aryl methyl sites for hydroxylation is 1. The summed E-state index contributed by atoms with van der Waals surface area (Å²) in [7, 11) is 0. The number of halogens is 2. The minimum atomic E-state index is -0.154. The van der Waals surface area contributed by atoms with Crippen LogP contribution in [0.4, 0.5) is 5.13 Å². The Morgan fingerprint density at radius 3 is 2.74 bits per heavy atom. The van der Waals surface area contributed by atoms with Crippen molar-refractivity contribution >= 4 is 55.8 Å². The maximum atomic E-state index is 13.5. The van der Waals surface area contributed by atoms with Gasteiger partial charge in [0.2, 0.25) is 0 Å². The van der Waals surface area contributed by atoms with Crippen LogP contribution < -0.4 is 4.90 Å². The number of fused-ring (bicyclic) bond motifs is 1. The van der Waals surface area contributed by atoms with Gasteiger partial charge in [0.25, 0.3) is 5.91 Å². The summed E-state index contributed by atoms with van der Waals surface area (Å²) < 4.78 is 6.51. The van der Waals surface area contributed by atoms with Gasteiger partial charge in [-0.15, -0.1) is 0 Å². The van der Waals surface area contributed by atoms with Gasteiger partial charge in [0.1, 0.15) is 0 Å². The molecule has 1 aliphatic rings. The highest BCUT2D eigenvalue weighted by Gasteiger charge is 2.24. The summed E-state index contributed by atoms with van der Waals surface area (Å²) in [6, 6.07) is 11.3. The van der Waals surface area contributed by atoms with Gasteiger partial charge in [-0.25, -0.2) is 4.98 Å². The Labute approximate surface area is 196 Å². The minimum absolute atomic E-state index is 0.154. The van der Waals surface area contributed by atoms with Crippen molar-refractivity contribution in [1.82, 2.24) is 9.88 Å². The molecule has 0 spiro atoms. The lowest BCUT2D eigenvalue weighted by Crippen LogP contribution is -2.39. The van der Waals surface area contributed by atoms with Crippen LogP contribution in [0, 0.1) is 0 Å². The van der Waals surface area contributed by atoms with E-state index in [0.717, 1.165) is 55.9 Å². The number of anilines is 1. The largest absolute Gasteiger partial charge is 0.379 e. The highest BCUT2D eigenvalue weighted by atomic mass is 35.5. The first-order chi connectivity index (χ1) is 15.0. The molecule has 0 aliphatic carbocycles. The topological polar surface area (TPSA) is 45.7 Å². The quantitative estimate of drug-likeness (QED) is 0.448. The van der Waals surface area contributed by atoms with Crippen molar-refractivity contribution in [2.75, 3.05) is 44.3 Å². The number of morpholine rings is 1. The van der Waals surface area contributed by atoms with Crippen molar-refractivity contribution < 1.29 is 9.53 Å². The SMILES string of the molecule is CCc1ccc2nc(N(CCCN3CCOCC3)C(=O)c3ccc(Cl)cc3Cl)sc2c1. The van der Waals surface area contributed by atoms with Gasteiger partial charge in [-0.1, -0.05) is 47.5 Å². The summed E-state index contributed by atoms with van der Waals surface area (Å²) in [6.07, 6.45) is 1.80. The van der Waals surface area contributed by atoms with Gasteiger partial charge in [0.15, 0.2) is 5.13 Å². The van der Waals surface area contributed by atoms with Crippen LogP contribution in [0.15, 0.2) is 36.4 Å². The molecule has 0 atom stereocenters. The third kappa shape index (κ3) is 5.38. The van der Waals surface area contributed by atoms with Crippen LogP contribution in [0.1, 0.15) is 29.3 Å². The summed E-state index contributed by atoms with van der Waals surface area (Å²) in [5.41, 5.74) is 2.60. The van der Waals surface area contributed by atoms with Crippen LogP contribution in [-0.4, -0.2) is 55.2 Å². The van der Waals surface area contributed by atoms with Gasteiger partial charge in [-0.05, 0) is 48.7 Å². The molecule has 2 aromatic carbocycles. The van der Waals surface area contributed by atoms with Crippen molar-refractivity contribution in [3.8, 4) is 0 Å². The van der Waals surface area contributed by atoms with Crippen molar-refractivity contribution in [3.05, 3.63) is 57.6 Å². The van der Waals surface area contributed by atoms with Crippen LogP contribution in [-0.2, 0) is 11.2 Å². The van der Waals surface area contributed by atoms with Gasteiger partial charge in [-0.2, -0.15) is 0 Å². The van der Waals surface area contributed by atoms with E-state index in [-0.39, 0.29) is 5.91 Å². The predicted molar refractivity (Wildman–Crippen MR) is 129 cm³/mol. The van der Waals surface area contributed by atoms with Crippen molar-refractivity contribution in [3.63, 3.8) is 0 Å². The molecule has 5 nitrogen and oxygen atoms in total. The second kappa shape index (κ2) is 10.3. The molecule has 0 bridgehead atoms. The molecule has 1 aliphatic heterocycles. The van der Waals surface area contributed by atoms with Gasteiger partial charge >= 0.3 is 0 Å². The number of nitrogens with zero attached hydrogens (tertiary/aromatic N) is 3. The standard InChI is InChI=1S/C23H25Cl2N3O2S/c1-2-16-4-7-20-21(14-16)31-23(26-20)28(9-3-8-27-10-12-30-13-11-27)22(29)18-6-5-17(24)15-19(18)25/h4-7,14-15H,2-3,8-13H2,1H3. The molecule has 8 heteroatoms. The summed E-state index contributed by atoms with van der Waals surface area (Å²) in [5.74, 6) is -0.154. The average Bonchev–Trinajstić information content (AvgIpc) is 3.20. The summed E-state index contributed by atoms with van der Waals surface area (Å²) in [6.45, 7) is 6.99. The Kier molecular flexibility index (Phi) is 7.46. The number of carbonyl (C=O) groups is 1. The first-order valence-electron chi connectivity index (χ1n) is 10.5. The molecule has 0 unspecified atom stereocenters. The summed E-state index contributed by atoms with van der Waals surface area (Å²) in [4.78, 5) is 22.4. The zero-order valence-electron chi connectivity index (χ0n) is 17.4. The molecule has 1 saturated heterocycles. The number of rotatable bonds is 7. The predicted octanol–water partition coefficient (Wildman–Crippen LogP) is 5.53. The number of amides is 1. The molecule has 4 rings (SSSR count). The third-order valence-electron chi connectivity index (χ3n) is 5.45. The van der Waals surface area contributed by atoms with Crippen LogP contribution in [0.2, 0.25) is 10.0 Å². The molecule has 31 heavy (non-hydrogen) atoms. The fourth-order valence-corrected chi connectivity index (χ4v) is 5.20. The van der Waals surface area contributed by atoms with E-state index in [1.54, 1.807) is 34.4 Å². The van der Waals surface area contributed by atoms with Gasteiger partial charge in [0, 0.05) is 31.2 Å². The van der Waals surface area contributed by atoms with Gasteiger partial charge in [-0.3, -0.25) is 14.6 Å². The zero-order chi connectivity index (χ0) is 21.8. The fraction of sp³-hybridized carbons (Fsp3) is 0.391. The highest BCUT2D eigenvalue weighted by molar-refractivity contribution is 7.22. The summed E-state index contributed by atoms with van der Waals surface area (Å²) >= 11 is 13.9. The number of benzene rings is 2. The number of thiazole rings is 1. The van der Waals surface area contributed by atoms with E-state index in [2.05, 4.69) is 24.0 Å². The number of carbonyl (C=O) groups excluding carboxylic acids is 1. The first kappa shape index (κ1) is 22.5. The molecule has 1 aromatic heterocycles. The van der Waals surface area contributed by atoms with Crippen LogP contribution >= 0.6 is 34.5 Å². The Balaban J connectivity index is 1.60. The van der Waals surface area contributed by atoms with Crippen molar-refractivity contribution in [2.45, 2.75) is 19.8 Å². The Hall–Kier alpha value is -1.70. The maximum Gasteiger partial charge on any atom is 0.261 e. The van der Waals surface area contributed by atoms with E-state index >= 15 is 0 Å². The fourth-order valence-electron chi connectivity index (χ4n) is 3.66. The lowest BCUT2D eigenvalue weighted by molar-refractivity contribution is 0.0376. The smallest absolute Gasteiger partial charge is 0.261 e. The zero-order valence-corrected chi connectivity index (χ0v) is 19.8.